The molecule has 0 atom stereocenters. The second kappa shape index (κ2) is 5.87. The third kappa shape index (κ3) is 3.56. The van der Waals surface area contributed by atoms with Gasteiger partial charge in [0.05, 0.1) is 0 Å². The molecule has 0 spiro atoms. The van der Waals surface area contributed by atoms with Crippen LogP contribution in [0, 0.1) is 0 Å². The Balaban J connectivity index is 2.26. The third-order valence-corrected chi connectivity index (χ3v) is 2.79. The number of rotatable bonds is 4. The molecule has 5 heteroatoms. The highest BCUT2D eigenvalue weighted by molar-refractivity contribution is 6.68. The molecule has 0 heterocycles. The molecule has 2 rings (SSSR count). The van der Waals surface area contributed by atoms with E-state index in [1.54, 1.807) is 36.4 Å². The summed E-state index contributed by atoms with van der Waals surface area (Å²) in [6.07, 6.45) is 0. The van der Waals surface area contributed by atoms with Crippen LogP contribution in [0.4, 0.5) is 0 Å². The van der Waals surface area contributed by atoms with Crippen LogP contribution < -0.4 is 4.74 Å². The van der Waals surface area contributed by atoms with E-state index in [0.717, 1.165) is 0 Å². The van der Waals surface area contributed by atoms with Crippen LogP contribution in [0.1, 0.15) is 20.7 Å². The van der Waals surface area contributed by atoms with Crippen molar-refractivity contribution in [3.8, 4) is 11.5 Å². The SMILES string of the molecule is O=C(Cl)c1cccc(Oc2cccc(C(=O)Cl)c2)c1. The van der Waals surface area contributed by atoms with Gasteiger partial charge in [-0.3, -0.25) is 9.59 Å². The summed E-state index contributed by atoms with van der Waals surface area (Å²) in [5, 5.41) is -1.12. The summed E-state index contributed by atoms with van der Waals surface area (Å²) in [7, 11) is 0. The van der Waals surface area contributed by atoms with E-state index >= 15 is 0 Å². The number of carbonyl (C=O) groups is 2. The predicted molar refractivity (Wildman–Crippen MR) is 73.3 cm³/mol. The molecule has 2 aromatic carbocycles. The van der Waals surface area contributed by atoms with Gasteiger partial charge in [0.2, 0.25) is 0 Å². The van der Waals surface area contributed by atoms with Crippen molar-refractivity contribution in [2.75, 3.05) is 0 Å². The molecule has 0 aliphatic rings. The second-order valence-corrected chi connectivity index (χ2v) is 4.39. The van der Waals surface area contributed by atoms with Gasteiger partial charge in [0.1, 0.15) is 11.5 Å². The van der Waals surface area contributed by atoms with Gasteiger partial charge < -0.3 is 4.74 Å². The van der Waals surface area contributed by atoms with Crippen molar-refractivity contribution in [1.82, 2.24) is 0 Å². The number of ether oxygens (including phenoxy) is 1. The van der Waals surface area contributed by atoms with Crippen LogP contribution in [0.3, 0.4) is 0 Å². The predicted octanol–water partition coefficient (Wildman–Crippen LogP) is 4.24. The van der Waals surface area contributed by atoms with Crippen LogP contribution in [0.25, 0.3) is 0 Å². The molecule has 0 amide bonds. The smallest absolute Gasteiger partial charge is 0.252 e. The van der Waals surface area contributed by atoms with E-state index in [1.807, 2.05) is 0 Å². The lowest BCUT2D eigenvalue weighted by Crippen LogP contribution is -1.92. The largest absolute Gasteiger partial charge is 0.457 e. The quantitative estimate of drug-likeness (QED) is 0.792. The van der Waals surface area contributed by atoms with Gasteiger partial charge in [-0.2, -0.15) is 0 Å². The Morgan fingerprint density at radius 1 is 0.789 bits per heavy atom. The van der Waals surface area contributed by atoms with E-state index in [2.05, 4.69) is 0 Å². The minimum Gasteiger partial charge on any atom is -0.457 e. The Hall–Kier alpha value is -1.84. The molecular formula is C14H8Cl2O3. The van der Waals surface area contributed by atoms with E-state index in [0.29, 0.717) is 22.6 Å². The van der Waals surface area contributed by atoms with E-state index in [-0.39, 0.29) is 0 Å². The number of hydrogen-bond donors (Lipinski definition) is 0. The maximum Gasteiger partial charge on any atom is 0.252 e. The van der Waals surface area contributed by atoms with Gasteiger partial charge in [0.25, 0.3) is 10.5 Å². The minimum absolute atomic E-state index is 0.337. The second-order valence-electron chi connectivity index (χ2n) is 3.71. The first kappa shape index (κ1) is 13.6. The molecule has 0 fully saturated rings. The summed E-state index contributed by atoms with van der Waals surface area (Å²) in [5.41, 5.74) is 0.674. The van der Waals surface area contributed by atoms with Gasteiger partial charge in [-0.1, -0.05) is 12.1 Å². The highest BCUT2D eigenvalue weighted by Gasteiger charge is 2.06. The number of carbonyl (C=O) groups excluding carboxylic acids is 2. The zero-order chi connectivity index (χ0) is 13.8. The molecule has 0 aliphatic heterocycles. The van der Waals surface area contributed by atoms with Crippen LogP contribution in [0.15, 0.2) is 48.5 Å². The molecule has 0 aliphatic carbocycles. The summed E-state index contributed by atoms with van der Waals surface area (Å²) < 4.78 is 5.54. The standard InChI is InChI=1S/C14H8Cl2O3/c15-13(17)9-3-1-5-11(7-9)19-12-6-2-4-10(8-12)14(16)18/h1-8H. The van der Waals surface area contributed by atoms with Gasteiger partial charge in [-0.15, -0.1) is 0 Å². The monoisotopic (exact) mass is 294 g/mol. The molecule has 19 heavy (non-hydrogen) atoms. The van der Waals surface area contributed by atoms with Crippen LogP contribution in [0.2, 0.25) is 0 Å². The highest BCUT2D eigenvalue weighted by Crippen LogP contribution is 2.24. The molecule has 2 aromatic rings. The number of hydrogen-bond acceptors (Lipinski definition) is 3. The van der Waals surface area contributed by atoms with Gasteiger partial charge in [0.15, 0.2) is 0 Å². The lowest BCUT2D eigenvalue weighted by atomic mass is 10.2. The van der Waals surface area contributed by atoms with Gasteiger partial charge >= 0.3 is 0 Å². The summed E-state index contributed by atoms with van der Waals surface area (Å²) >= 11 is 10.8. The Morgan fingerprint density at radius 3 is 1.58 bits per heavy atom. The summed E-state index contributed by atoms with van der Waals surface area (Å²) in [5.74, 6) is 0.899. The molecule has 0 radical (unpaired) electrons. The third-order valence-electron chi connectivity index (χ3n) is 2.36. The molecule has 96 valence electrons. The van der Waals surface area contributed by atoms with Crippen molar-refractivity contribution in [2.45, 2.75) is 0 Å². The first-order valence-electron chi connectivity index (χ1n) is 5.34. The fraction of sp³-hybridized carbons (Fsp3) is 0. The first-order valence-corrected chi connectivity index (χ1v) is 6.09. The van der Waals surface area contributed by atoms with Crippen molar-refractivity contribution < 1.29 is 14.3 Å². The van der Waals surface area contributed by atoms with Crippen molar-refractivity contribution in [1.29, 1.82) is 0 Å². The lowest BCUT2D eigenvalue weighted by Gasteiger charge is -2.07. The first-order chi connectivity index (χ1) is 9.06. The Morgan fingerprint density at radius 2 is 1.21 bits per heavy atom. The normalized spacial score (nSPS) is 10.0. The average Bonchev–Trinajstić information content (AvgIpc) is 2.39. The van der Waals surface area contributed by atoms with Crippen molar-refractivity contribution >= 4 is 33.7 Å². The molecular weight excluding hydrogens is 287 g/mol. The Labute approximate surface area is 119 Å². The Kier molecular flexibility index (Phi) is 4.20. The zero-order valence-electron chi connectivity index (χ0n) is 9.60. The van der Waals surface area contributed by atoms with Crippen LogP contribution in [-0.4, -0.2) is 10.5 Å². The van der Waals surface area contributed by atoms with Crippen LogP contribution in [-0.2, 0) is 0 Å². The maximum atomic E-state index is 11.0. The molecule has 0 aromatic heterocycles. The fourth-order valence-corrected chi connectivity index (χ4v) is 1.73. The minimum atomic E-state index is -0.560. The van der Waals surface area contributed by atoms with E-state index in [1.165, 1.54) is 12.1 Å². The average molecular weight is 295 g/mol. The number of halogens is 2. The van der Waals surface area contributed by atoms with E-state index in [4.69, 9.17) is 27.9 Å². The number of benzene rings is 2. The van der Waals surface area contributed by atoms with Gasteiger partial charge in [-0.25, -0.2) is 0 Å². The molecule has 0 bridgehead atoms. The highest BCUT2D eigenvalue weighted by atomic mass is 35.5. The molecule has 0 saturated heterocycles. The molecule has 0 unspecified atom stereocenters. The fourth-order valence-electron chi connectivity index (χ4n) is 1.50. The van der Waals surface area contributed by atoms with Gasteiger partial charge in [0, 0.05) is 11.1 Å². The van der Waals surface area contributed by atoms with Gasteiger partial charge in [-0.05, 0) is 59.6 Å². The van der Waals surface area contributed by atoms with Crippen LogP contribution in [0.5, 0.6) is 11.5 Å². The summed E-state index contributed by atoms with van der Waals surface area (Å²) in [6.45, 7) is 0. The van der Waals surface area contributed by atoms with Crippen LogP contribution >= 0.6 is 23.2 Å². The Bertz CT molecular complexity index is 583. The van der Waals surface area contributed by atoms with E-state index in [9.17, 15) is 9.59 Å². The molecule has 3 nitrogen and oxygen atoms in total. The van der Waals surface area contributed by atoms with Crippen molar-refractivity contribution in [2.24, 2.45) is 0 Å². The molecule has 0 saturated carbocycles. The van der Waals surface area contributed by atoms with Crippen molar-refractivity contribution in [3.63, 3.8) is 0 Å². The van der Waals surface area contributed by atoms with Crippen molar-refractivity contribution in [3.05, 3.63) is 59.7 Å². The lowest BCUT2D eigenvalue weighted by molar-refractivity contribution is 0.107. The maximum absolute atomic E-state index is 11.0. The van der Waals surface area contributed by atoms with E-state index < -0.39 is 10.5 Å². The summed E-state index contributed by atoms with van der Waals surface area (Å²) in [4.78, 5) is 22.1. The zero-order valence-corrected chi connectivity index (χ0v) is 11.1. The topological polar surface area (TPSA) is 43.4 Å². The summed E-state index contributed by atoms with van der Waals surface area (Å²) in [6, 6.07) is 12.9. The molecule has 0 N–H and O–H groups in total.